The zero-order valence-electron chi connectivity index (χ0n) is 20.5. The Morgan fingerprint density at radius 2 is 0.889 bits per heavy atom. The Bertz CT molecular complexity index is 845. The van der Waals surface area contributed by atoms with Gasteiger partial charge in [0.15, 0.2) is 0 Å². The Morgan fingerprint density at radius 1 is 0.583 bits per heavy atom. The van der Waals surface area contributed by atoms with E-state index >= 15 is 0 Å². The third-order valence-corrected chi connectivity index (χ3v) is 10.1. The minimum atomic E-state index is -0.296. The molecular formula is C26H32O6S4. The molecule has 0 unspecified atom stereocenters. The van der Waals surface area contributed by atoms with E-state index in [4.69, 9.17) is 18.9 Å². The maximum absolute atomic E-state index is 12.6. The van der Waals surface area contributed by atoms with Gasteiger partial charge in [-0.1, -0.05) is 0 Å². The van der Waals surface area contributed by atoms with Crippen molar-refractivity contribution in [1.29, 1.82) is 0 Å². The topological polar surface area (TPSA) is 71.1 Å². The molecule has 1 fully saturated rings. The number of carbonyl (C=O) groups is 2. The molecule has 0 saturated carbocycles. The van der Waals surface area contributed by atoms with Crippen molar-refractivity contribution in [2.75, 3.05) is 60.2 Å². The van der Waals surface area contributed by atoms with Crippen LogP contribution in [0.25, 0.3) is 0 Å². The molecule has 0 atom stereocenters. The molecule has 0 amide bonds. The van der Waals surface area contributed by atoms with E-state index in [0.29, 0.717) is 22.6 Å². The average molecular weight is 569 g/mol. The fourth-order valence-corrected chi connectivity index (χ4v) is 7.87. The van der Waals surface area contributed by atoms with Crippen LogP contribution in [-0.2, 0) is 9.47 Å². The van der Waals surface area contributed by atoms with Crippen LogP contribution in [0.1, 0.15) is 20.7 Å². The summed E-state index contributed by atoms with van der Waals surface area (Å²) in [5, 5.41) is 0. The Kier molecular flexibility index (Phi) is 13.1. The summed E-state index contributed by atoms with van der Waals surface area (Å²) in [5.41, 5.74) is 1.07. The quantitative estimate of drug-likeness (QED) is 0.423. The van der Waals surface area contributed by atoms with Crippen molar-refractivity contribution in [3.8, 4) is 11.5 Å². The molecule has 6 nitrogen and oxygen atoms in total. The largest absolute Gasteiger partial charge is 0.497 e. The molecule has 0 aromatic heterocycles. The zero-order chi connectivity index (χ0) is 25.6. The molecule has 36 heavy (non-hydrogen) atoms. The zero-order valence-corrected chi connectivity index (χ0v) is 23.8. The van der Waals surface area contributed by atoms with Crippen molar-refractivity contribution in [2.24, 2.45) is 0 Å². The van der Waals surface area contributed by atoms with Gasteiger partial charge >= 0.3 is 11.9 Å². The Balaban J connectivity index is 1.46. The Morgan fingerprint density at radius 3 is 1.17 bits per heavy atom. The van der Waals surface area contributed by atoms with E-state index < -0.39 is 0 Å². The molecule has 2 aromatic carbocycles. The first kappa shape index (κ1) is 28.9. The van der Waals surface area contributed by atoms with Crippen molar-refractivity contribution < 1.29 is 28.5 Å². The van der Waals surface area contributed by atoms with Crippen LogP contribution in [0.15, 0.2) is 48.5 Å². The van der Waals surface area contributed by atoms with Gasteiger partial charge in [0, 0.05) is 46.0 Å². The fraction of sp³-hybridized carbons (Fsp3) is 0.462. The highest BCUT2D eigenvalue weighted by Crippen LogP contribution is 2.21. The van der Waals surface area contributed by atoms with Gasteiger partial charge in [0.25, 0.3) is 0 Å². The fourth-order valence-electron chi connectivity index (χ4n) is 3.22. The molecular weight excluding hydrogens is 537 g/mol. The smallest absolute Gasteiger partial charge is 0.338 e. The predicted octanol–water partition coefficient (Wildman–Crippen LogP) is 5.40. The van der Waals surface area contributed by atoms with Crippen molar-refractivity contribution in [3.63, 3.8) is 0 Å². The van der Waals surface area contributed by atoms with Gasteiger partial charge in [-0.15, -0.1) is 0 Å². The summed E-state index contributed by atoms with van der Waals surface area (Å²) in [6.07, 6.45) is -0.267. The van der Waals surface area contributed by atoms with Crippen LogP contribution in [0, 0.1) is 0 Å². The summed E-state index contributed by atoms with van der Waals surface area (Å²) in [5.74, 6) is 7.65. The van der Waals surface area contributed by atoms with Crippen LogP contribution in [0.5, 0.6) is 11.5 Å². The van der Waals surface area contributed by atoms with Gasteiger partial charge in [-0.2, -0.15) is 47.0 Å². The summed E-state index contributed by atoms with van der Waals surface area (Å²) in [4.78, 5) is 25.2. The van der Waals surface area contributed by atoms with E-state index in [1.54, 1.807) is 110 Å². The summed E-state index contributed by atoms with van der Waals surface area (Å²) >= 11 is 7.16. The molecule has 196 valence electrons. The summed E-state index contributed by atoms with van der Waals surface area (Å²) in [7, 11) is 3.20. The predicted molar refractivity (Wildman–Crippen MR) is 154 cm³/mol. The van der Waals surface area contributed by atoms with Gasteiger partial charge < -0.3 is 18.9 Å². The lowest BCUT2D eigenvalue weighted by Crippen LogP contribution is -2.25. The maximum Gasteiger partial charge on any atom is 0.338 e. The highest BCUT2D eigenvalue weighted by Gasteiger charge is 2.19. The van der Waals surface area contributed by atoms with Crippen LogP contribution in [0.4, 0.5) is 0 Å². The second-order valence-electron chi connectivity index (χ2n) is 7.81. The highest BCUT2D eigenvalue weighted by molar-refractivity contribution is 8.04. The number of rotatable bonds is 6. The molecule has 0 N–H and O–H groups in total. The number of methoxy groups -OCH3 is 2. The van der Waals surface area contributed by atoms with Gasteiger partial charge in [0.05, 0.1) is 25.3 Å². The van der Waals surface area contributed by atoms with Gasteiger partial charge in [0.1, 0.15) is 23.7 Å². The molecule has 10 heteroatoms. The first-order valence-electron chi connectivity index (χ1n) is 11.6. The second-order valence-corrected chi connectivity index (χ2v) is 12.4. The van der Waals surface area contributed by atoms with Crippen molar-refractivity contribution >= 4 is 59.0 Å². The summed E-state index contributed by atoms with van der Waals surface area (Å²) in [6.45, 7) is 0. The molecule has 0 aliphatic carbocycles. The number of benzene rings is 2. The SMILES string of the molecule is COc1ccc(C(=O)OC2CSCCSCC(OC(=O)c3ccc(OC)cc3)CSCCSC2)cc1. The number of hydrogen-bond acceptors (Lipinski definition) is 10. The standard InChI is InChI=1S/C26H32O6S4/c1-29-21-7-3-19(4-8-21)25(27)31-23-15-33-11-13-35-17-24(18-36-14-12-34-16-23)32-26(28)20-5-9-22(30-2)10-6-20/h3-10,23-24H,11-18H2,1-2H3. The van der Waals surface area contributed by atoms with E-state index in [-0.39, 0.29) is 24.1 Å². The van der Waals surface area contributed by atoms with Crippen molar-refractivity contribution in [3.05, 3.63) is 59.7 Å². The lowest BCUT2D eigenvalue weighted by molar-refractivity contribution is 0.0383. The van der Waals surface area contributed by atoms with Crippen LogP contribution < -0.4 is 9.47 Å². The minimum Gasteiger partial charge on any atom is -0.497 e. The first-order valence-corrected chi connectivity index (χ1v) is 16.2. The molecule has 1 aliphatic heterocycles. The van der Waals surface area contributed by atoms with Crippen LogP contribution in [0.2, 0.25) is 0 Å². The van der Waals surface area contributed by atoms with E-state index in [1.165, 1.54) is 0 Å². The van der Waals surface area contributed by atoms with E-state index in [0.717, 1.165) is 46.0 Å². The normalized spacial score (nSPS) is 19.9. The third kappa shape index (κ3) is 10.0. The second kappa shape index (κ2) is 16.3. The summed E-state index contributed by atoms with van der Waals surface area (Å²) in [6, 6.07) is 14.0. The maximum atomic E-state index is 12.6. The molecule has 0 bridgehead atoms. The van der Waals surface area contributed by atoms with Gasteiger partial charge in [-0.05, 0) is 48.5 Å². The number of ether oxygens (including phenoxy) is 4. The van der Waals surface area contributed by atoms with E-state index in [2.05, 4.69) is 0 Å². The van der Waals surface area contributed by atoms with Crippen LogP contribution in [0.3, 0.4) is 0 Å². The lowest BCUT2D eigenvalue weighted by atomic mass is 10.2. The monoisotopic (exact) mass is 568 g/mol. The van der Waals surface area contributed by atoms with E-state index in [1.807, 2.05) is 0 Å². The Labute approximate surface area is 230 Å². The number of thioether (sulfide) groups is 4. The molecule has 0 radical (unpaired) electrons. The molecule has 2 aromatic rings. The molecule has 1 heterocycles. The average Bonchev–Trinajstić information content (AvgIpc) is 2.91. The van der Waals surface area contributed by atoms with Crippen LogP contribution >= 0.6 is 47.0 Å². The van der Waals surface area contributed by atoms with Crippen molar-refractivity contribution in [1.82, 2.24) is 0 Å². The minimum absolute atomic E-state index is 0.134. The van der Waals surface area contributed by atoms with Crippen molar-refractivity contribution in [2.45, 2.75) is 12.2 Å². The van der Waals surface area contributed by atoms with Gasteiger partial charge in [0.2, 0.25) is 0 Å². The summed E-state index contributed by atoms with van der Waals surface area (Å²) < 4.78 is 22.0. The number of carbonyl (C=O) groups excluding carboxylic acids is 2. The first-order chi connectivity index (χ1) is 17.6. The number of esters is 2. The Hall–Kier alpha value is -1.62. The van der Waals surface area contributed by atoms with Crippen LogP contribution in [-0.4, -0.2) is 84.4 Å². The number of hydrogen-bond donors (Lipinski definition) is 0. The molecule has 1 saturated heterocycles. The molecule has 1 aliphatic rings. The lowest BCUT2D eigenvalue weighted by Gasteiger charge is -2.20. The highest BCUT2D eigenvalue weighted by atomic mass is 32.2. The van der Waals surface area contributed by atoms with Gasteiger partial charge in [-0.25, -0.2) is 9.59 Å². The van der Waals surface area contributed by atoms with Gasteiger partial charge in [-0.3, -0.25) is 0 Å². The third-order valence-electron chi connectivity index (χ3n) is 5.16. The molecule has 0 spiro atoms. The molecule has 3 rings (SSSR count). The van der Waals surface area contributed by atoms with E-state index in [9.17, 15) is 9.59 Å².